The largest absolute Gasteiger partial charge is 0.387 e. The maximum Gasteiger partial charge on any atom is 0.105 e. The van der Waals surface area contributed by atoms with E-state index in [1.165, 1.54) is 0 Å². The van der Waals surface area contributed by atoms with E-state index >= 15 is 0 Å². The Kier molecular flexibility index (Phi) is 3.79. The monoisotopic (exact) mass is 288 g/mol. The molecule has 4 heteroatoms. The zero-order valence-electron chi connectivity index (χ0n) is 9.01. The molecule has 1 rings (SSSR count). The van der Waals surface area contributed by atoms with Crippen LogP contribution in [0.4, 0.5) is 5.69 Å². The number of nitrogens with two attached hydrogens (primary N) is 1. The summed E-state index contributed by atoms with van der Waals surface area (Å²) >= 11 is 9.23. The number of hydrogen-bond acceptors (Lipinski definition) is 1. The number of nitrogens with zero attached hydrogens (tertiary/aromatic N) is 1. The minimum Gasteiger partial charge on any atom is -0.387 e. The van der Waals surface area contributed by atoms with Crippen LogP contribution in [0.5, 0.6) is 0 Å². The second kappa shape index (κ2) is 4.54. The van der Waals surface area contributed by atoms with Crippen molar-refractivity contribution in [1.29, 1.82) is 0 Å². The molecule has 1 aromatic rings. The van der Waals surface area contributed by atoms with Crippen molar-refractivity contribution in [2.75, 3.05) is 0 Å². The minimum atomic E-state index is -0.126. The Balaban J connectivity index is 3.09. The highest BCUT2D eigenvalue weighted by Crippen LogP contribution is 2.29. The second-order valence-corrected chi connectivity index (χ2v) is 5.63. The molecule has 2 nitrogen and oxygen atoms in total. The lowest BCUT2D eigenvalue weighted by molar-refractivity contribution is 0.585. The average molecular weight is 290 g/mol. The van der Waals surface area contributed by atoms with Crippen LogP contribution in [0.3, 0.4) is 0 Å². The molecule has 15 heavy (non-hydrogen) atoms. The average Bonchev–Trinajstić information content (AvgIpc) is 2.08. The molecule has 1 aromatic carbocycles. The van der Waals surface area contributed by atoms with E-state index in [0.29, 0.717) is 10.9 Å². The van der Waals surface area contributed by atoms with Gasteiger partial charge in [-0.2, -0.15) is 0 Å². The fraction of sp³-hybridized carbons (Fsp3) is 0.364. The van der Waals surface area contributed by atoms with Crippen LogP contribution < -0.4 is 5.73 Å². The smallest absolute Gasteiger partial charge is 0.105 e. The van der Waals surface area contributed by atoms with Crippen molar-refractivity contribution in [3.63, 3.8) is 0 Å². The first kappa shape index (κ1) is 12.5. The van der Waals surface area contributed by atoms with Crippen molar-refractivity contribution < 1.29 is 0 Å². The number of benzene rings is 1. The van der Waals surface area contributed by atoms with Gasteiger partial charge in [-0.1, -0.05) is 32.4 Å². The third-order valence-corrected chi connectivity index (χ3v) is 2.79. The molecule has 0 unspecified atom stereocenters. The summed E-state index contributed by atoms with van der Waals surface area (Å²) in [6.07, 6.45) is 0. The van der Waals surface area contributed by atoms with Crippen molar-refractivity contribution in [2.24, 2.45) is 16.1 Å². The van der Waals surface area contributed by atoms with E-state index in [1.54, 1.807) is 12.1 Å². The predicted molar refractivity (Wildman–Crippen MR) is 69.9 cm³/mol. The first-order chi connectivity index (χ1) is 6.80. The Bertz CT molecular complexity index is 394. The van der Waals surface area contributed by atoms with Gasteiger partial charge in [0.25, 0.3) is 0 Å². The van der Waals surface area contributed by atoms with Gasteiger partial charge in [0.2, 0.25) is 0 Å². The first-order valence-electron chi connectivity index (χ1n) is 4.60. The summed E-state index contributed by atoms with van der Waals surface area (Å²) in [4.78, 5) is 4.36. The molecule has 0 aromatic heterocycles. The van der Waals surface area contributed by atoms with Gasteiger partial charge in [-0.15, -0.1) is 0 Å². The predicted octanol–water partition coefficient (Wildman–Crippen LogP) is 4.14. The summed E-state index contributed by atoms with van der Waals surface area (Å²) in [6, 6.07) is 5.43. The van der Waals surface area contributed by atoms with E-state index in [9.17, 15) is 0 Å². The molecule has 0 radical (unpaired) electrons. The molecule has 0 aliphatic heterocycles. The minimum absolute atomic E-state index is 0.126. The number of amidine groups is 1. The van der Waals surface area contributed by atoms with Gasteiger partial charge in [-0.05, 0) is 34.1 Å². The highest BCUT2D eigenvalue weighted by Gasteiger charge is 2.15. The molecule has 0 aliphatic carbocycles. The fourth-order valence-electron chi connectivity index (χ4n) is 0.869. The molecule has 0 spiro atoms. The highest BCUT2D eigenvalue weighted by atomic mass is 79.9. The van der Waals surface area contributed by atoms with Crippen LogP contribution in [-0.4, -0.2) is 5.84 Å². The van der Waals surface area contributed by atoms with Gasteiger partial charge in [0.15, 0.2) is 0 Å². The summed E-state index contributed by atoms with van der Waals surface area (Å²) in [5, 5.41) is 0.676. The number of halogens is 2. The molecule has 0 bridgehead atoms. The van der Waals surface area contributed by atoms with Gasteiger partial charge in [-0.25, -0.2) is 4.99 Å². The van der Waals surface area contributed by atoms with Gasteiger partial charge in [0, 0.05) is 14.9 Å². The number of hydrogen-bond donors (Lipinski definition) is 1. The van der Waals surface area contributed by atoms with Crippen LogP contribution in [0.1, 0.15) is 20.8 Å². The van der Waals surface area contributed by atoms with Crippen LogP contribution in [-0.2, 0) is 0 Å². The summed E-state index contributed by atoms with van der Waals surface area (Å²) in [5.74, 6) is 0.602. The second-order valence-electron chi connectivity index (χ2n) is 4.34. The van der Waals surface area contributed by atoms with E-state index in [-0.39, 0.29) is 5.41 Å². The Morgan fingerprint density at radius 2 is 2.00 bits per heavy atom. The molecule has 0 amide bonds. The summed E-state index contributed by atoms with van der Waals surface area (Å²) in [6.45, 7) is 6.07. The van der Waals surface area contributed by atoms with Gasteiger partial charge in [0.1, 0.15) is 5.84 Å². The zero-order chi connectivity index (χ0) is 11.6. The quantitative estimate of drug-likeness (QED) is 0.612. The zero-order valence-corrected chi connectivity index (χ0v) is 11.4. The Morgan fingerprint density at radius 3 is 2.47 bits per heavy atom. The standard InChI is InChI=1S/C11H14BrClN2/c1-11(2,3)10(14)15-9-5-4-7(13)6-8(9)12/h4-6H,1-3H3,(H2,14,15). The molecule has 0 saturated carbocycles. The topological polar surface area (TPSA) is 38.4 Å². The maximum absolute atomic E-state index is 5.89. The van der Waals surface area contributed by atoms with Gasteiger partial charge < -0.3 is 5.73 Å². The molecule has 0 heterocycles. The molecule has 0 fully saturated rings. The van der Waals surface area contributed by atoms with E-state index in [1.807, 2.05) is 26.8 Å². The molecular formula is C11H14BrClN2. The lowest BCUT2D eigenvalue weighted by Gasteiger charge is -2.17. The lowest BCUT2D eigenvalue weighted by Crippen LogP contribution is -2.28. The molecule has 0 saturated heterocycles. The van der Waals surface area contributed by atoms with Crippen molar-refractivity contribution in [1.82, 2.24) is 0 Å². The molecule has 0 aliphatic rings. The van der Waals surface area contributed by atoms with Gasteiger partial charge in [-0.3, -0.25) is 0 Å². The summed E-state index contributed by atoms with van der Waals surface area (Å²) in [5.41, 5.74) is 6.56. The highest BCUT2D eigenvalue weighted by molar-refractivity contribution is 9.10. The number of rotatable bonds is 1. The van der Waals surface area contributed by atoms with Crippen molar-refractivity contribution in [3.8, 4) is 0 Å². The third kappa shape index (κ3) is 3.50. The third-order valence-electron chi connectivity index (χ3n) is 1.92. The number of aliphatic imine (C=N–C) groups is 1. The molecular weight excluding hydrogens is 275 g/mol. The van der Waals surface area contributed by atoms with Crippen LogP contribution in [0.15, 0.2) is 27.7 Å². The Hall–Kier alpha value is -0.540. The SMILES string of the molecule is CC(C)(C)C(N)=Nc1ccc(Cl)cc1Br. The van der Waals surface area contributed by atoms with Crippen molar-refractivity contribution >= 4 is 39.1 Å². The lowest BCUT2D eigenvalue weighted by atomic mass is 9.95. The van der Waals surface area contributed by atoms with E-state index in [0.717, 1.165) is 10.2 Å². The normalized spacial score (nSPS) is 13.0. The van der Waals surface area contributed by atoms with Crippen LogP contribution >= 0.6 is 27.5 Å². The van der Waals surface area contributed by atoms with E-state index < -0.39 is 0 Å². The fourth-order valence-corrected chi connectivity index (χ4v) is 1.64. The summed E-state index contributed by atoms with van der Waals surface area (Å²) in [7, 11) is 0. The van der Waals surface area contributed by atoms with Crippen molar-refractivity contribution in [3.05, 3.63) is 27.7 Å². The first-order valence-corrected chi connectivity index (χ1v) is 5.77. The Labute approximate surface area is 104 Å². The van der Waals surface area contributed by atoms with Crippen molar-refractivity contribution in [2.45, 2.75) is 20.8 Å². The summed E-state index contributed by atoms with van der Waals surface area (Å²) < 4.78 is 0.849. The Morgan fingerprint density at radius 1 is 1.40 bits per heavy atom. The molecule has 0 atom stereocenters. The maximum atomic E-state index is 5.89. The van der Waals surface area contributed by atoms with Crippen LogP contribution in [0.2, 0.25) is 5.02 Å². The van der Waals surface area contributed by atoms with Crippen LogP contribution in [0.25, 0.3) is 0 Å². The van der Waals surface area contributed by atoms with E-state index in [4.69, 9.17) is 17.3 Å². The molecule has 82 valence electrons. The van der Waals surface area contributed by atoms with Gasteiger partial charge >= 0.3 is 0 Å². The van der Waals surface area contributed by atoms with Crippen LogP contribution in [0, 0.1) is 5.41 Å². The van der Waals surface area contributed by atoms with E-state index in [2.05, 4.69) is 20.9 Å². The van der Waals surface area contributed by atoms with Gasteiger partial charge in [0.05, 0.1) is 5.69 Å². The molecule has 2 N–H and O–H groups in total.